The molecule has 0 saturated heterocycles. The van der Waals surface area contributed by atoms with Crippen LogP contribution in [0.15, 0.2) is 24.3 Å². The van der Waals surface area contributed by atoms with Gasteiger partial charge in [0.15, 0.2) is 0 Å². The Kier molecular flexibility index (Phi) is 4.50. The standard InChI is InChI=1S/C16H23N3O2/c1-16(2,3)19-14(20)10-18-15(21)12-8-9-17-13-7-5-4-6-11(12)13/h4-7,12,17H,8-10H2,1-3H3,(H,18,21)(H,19,20). The van der Waals surface area contributed by atoms with Crippen molar-refractivity contribution in [2.45, 2.75) is 38.6 Å². The smallest absolute Gasteiger partial charge is 0.239 e. The van der Waals surface area contributed by atoms with Crippen molar-refractivity contribution in [2.24, 2.45) is 0 Å². The van der Waals surface area contributed by atoms with Crippen molar-refractivity contribution in [2.75, 3.05) is 18.4 Å². The Morgan fingerprint density at radius 3 is 2.71 bits per heavy atom. The molecule has 0 fully saturated rings. The fourth-order valence-corrected chi connectivity index (χ4v) is 2.49. The zero-order valence-electron chi connectivity index (χ0n) is 12.8. The molecule has 1 unspecified atom stereocenters. The number of benzene rings is 1. The average Bonchev–Trinajstić information content (AvgIpc) is 2.42. The molecule has 1 aromatic carbocycles. The van der Waals surface area contributed by atoms with E-state index in [0.29, 0.717) is 0 Å². The molecular formula is C16H23N3O2. The number of hydrogen-bond donors (Lipinski definition) is 3. The Morgan fingerprint density at radius 1 is 1.29 bits per heavy atom. The number of hydrogen-bond acceptors (Lipinski definition) is 3. The molecule has 0 aromatic heterocycles. The van der Waals surface area contributed by atoms with E-state index in [1.54, 1.807) is 0 Å². The maximum Gasteiger partial charge on any atom is 0.239 e. The lowest BCUT2D eigenvalue weighted by atomic mass is 9.90. The molecule has 0 saturated carbocycles. The van der Waals surface area contributed by atoms with Gasteiger partial charge in [0.1, 0.15) is 0 Å². The van der Waals surface area contributed by atoms with Crippen molar-refractivity contribution in [1.29, 1.82) is 0 Å². The van der Waals surface area contributed by atoms with Crippen molar-refractivity contribution in [3.05, 3.63) is 29.8 Å². The Labute approximate surface area is 125 Å². The van der Waals surface area contributed by atoms with Gasteiger partial charge < -0.3 is 16.0 Å². The molecule has 114 valence electrons. The van der Waals surface area contributed by atoms with Crippen LogP contribution in [-0.4, -0.2) is 30.4 Å². The molecular weight excluding hydrogens is 266 g/mol. The molecule has 1 heterocycles. The van der Waals surface area contributed by atoms with Gasteiger partial charge in [0.25, 0.3) is 0 Å². The van der Waals surface area contributed by atoms with Gasteiger partial charge in [-0.05, 0) is 38.8 Å². The highest BCUT2D eigenvalue weighted by Crippen LogP contribution is 2.31. The molecule has 5 heteroatoms. The van der Waals surface area contributed by atoms with E-state index in [9.17, 15) is 9.59 Å². The minimum Gasteiger partial charge on any atom is -0.385 e. The van der Waals surface area contributed by atoms with E-state index in [0.717, 1.165) is 24.2 Å². The summed E-state index contributed by atoms with van der Waals surface area (Å²) in [5.74, 6) is -0.448. The lowest BCUT2D eigenvalue weighted by molar-refractivity contribution is -0.127. The second-order valence-corrected chi connectivity index (χ2v) is 6.37. The minimum atomic E-state index is -0.289. The van der Waals surface area contributed by atoms with Gasteiger partial charge in [0.05, 0.1) is 12.5 Å². The van der Waals surface area contributed by atoms with E-state index in [1.165, 1.54) is 0 Å². The van der Waals surface area contributed by atoms with Gasteiger partial charge in [0.2, 0.25) is 11.8 Å². The normalized spacial score (nSPS) is 17.4. The first-order valence-electron chi connectivity index (χ1n) is 7.28. The molecule has 0 spiro atoms. The molecule has 0 aliphatic carbocycles. The van der Waals surface area contributed by atoms with Crippen LogP contribution in [0.3, 0.4) is 0 Å². The second kappa shape index (κ2) is 6.16. The zero-order chi connectivity index (χ0) is 15.5. The van der Waals surface area contributed by atoms with Crippen molar-refractivity contribution in [3.63, 3.8) is 0 Å². The molecule has 1 aromatic rings. The van der Waals surface area contributed by atoms with Crippen molar-refractivity contribution in [3.8, 4) is 0 Å². The maximum absolute atomic E-state index is 12.3. The summed E-state index contributed by atoms with van der Waals surface area (Å²) in [6, 6.07) is 7.81. The first-order chi connectivity index (χ1) is 9.87. The fraction of sp³-hybridized carbons (Fsp3) is 0.500. The molecule has 2 amide bonds. The number of carbonyl (C=O) groups is 2. The summed E-state index contributed by atoms with van der Waals surface area (Å²) in [4.78, 5) is 24.1. The van der Waals surface area contributed by atoms with Crippen LogP contribution in [0.1, 0.15) is 38.7 Å². The Hall–Kier alpha value is -2.04. The van der Waals surface area contributed by atoms with Crippen LogP contribution in [0.5, 0.6) is 0 Å². The van der Waals surface area contributed by atoms with Crippen LogP contribution in [0, 0.1) is 0 Å². The van der Waals surface area contributed by atoms with Gasteiger partial charge in [-0.1, -0.05) is 18.2 Å². The van der Waals surface area contributed by atoms with Crippen LogP contribution in [0.2, 0.25) is 0 Å². The highest BCUT2D eigenvalue weighted by atomic mass is 16.2. The molecule has 1 atom stereocenters. The van der Waals surface area contributed by atoms with Gasteiger partial charge in [-0.3, -0.25) is 9.59 Å². The van der Waals surface area contributed by atoms with Crippen molar-refractivity contribution >= 4 is 17.5 Å². The summed E-state index contributed by atoms with van der Waals surface area (Å²) in [5.41, 5.74) is 1.71. The Balaban J connectivity index is 1.95. The summed E-state index contributed by atoms with van der Waals surface area (Å²) < 4.78 is 0. The number of rotatable bonds is 3. The predicted molar refractivity (Wildman–Crippen MR) is 83.2 cm³/mol. The molecule has 1 aliphatic heterocycles. The van der Waals surface area contributed by atoms with Gasteiger partial charge in [-0.2, -0.15) is 0 Å². The van der Waals surface area contributed by atoms with E-state index in [-0.39, 0.29) is 29.8 Å². The highest BCUT2D eigenvalue weighted by Gasteiger charge is 2.26. The topological polar surface area (TPSA) is 70.2 Å². The van der Waals surface area contributed by atoms with Crippen molar-refractivity contribution < 1.29 is 9.59 Å². The lowest BCUT2D eigenvalue weighted by Gasteiger charge is -2.26. The van der Waals surface area contributed by atoms with E-state index < -0.39 is 0 Å². The molecule has 0 bridgehead atoms. The molecule has 1 aliphatic rings. The van der Waals surface area contributed by atoms with E-state index in [2.05, 4.69) is 16.0 Å². The summed E-state index contributed by atoms with van der Waals surface area (Å²) in [5, 5.41) is 8.85. The molecule has 3 N–H and O–H groups in total. The second-order valence-electron chi connectivity index (χ2n) is 6.37. The number of anilines is 1. The largest absolute Gasteiger partial charge is 0.385 e. The van der Waals surface area contributed by atoms with Gasteiger partial charge >= 0.3 is 0 Å². The van der Waals surface area contributed by atoms with Gasteiger partial charge in [-0.25, -0.2) is 0 Å². The average molecular weight is 289 g/mol. The molecule has 0 radical (unpaired) electrons. The first kappa shape index (κ1) is 15.4. The Morgan fingerprint density at radius 2 is 2.00 bits per heavy atom. The van der Waals surface area contributed by atoms with E-state index >= 15 is 0 Å². The number of fused-ring (bicyclic) bond motifs is 1. The number of nitrogens with one attached hydrogen (secondary N) is 3. The highest BCUT2D eigenvalue weighted by molar-refractivity contribution is 5.90. The van der Waals surface area contributed by atoms with Gasteiger partial charge in [-0.15, -0.1) is 0 Å². The van der Waals surface area contributed by atoms with Crippen LogP contribution < -0.4 is 16.0 Å². The third-order valence-corrected chi connectivity index (χ3v) is 3.34. The monoisotopic (exact) mass is 289 g/mol. The summed E-state index contributed by atoms with van der Waals surface area (Å²) in [7, 11) is 0. The van der Waals surface area contributed by atoms with Crippen LogP contribution >= 0.6 is 0 Å². The maximum atomic E-state index is 12.3. The number of carbonyl (C=O) groups excluding carboxylic acids is 2. The summed E-state index contributed by atoms with van der Waals surface area (Å²) in [6.45, 7) is 6.52. The summed E-state index contributed by atoms with van der Waals surface area (Å²) in [6.07, 6.45) is 0.740. The predicted octanol–water partition coefficient (Wildman–Crippen LogP) is 1.62. The van der Waals surface area contributed by atoms with Crippen LogP contribution in [0.25, 0.3) is 0 Å². The SMILES string of the molecule is CC(C)(C)NC(=O)CNC(=O)C1CCNc2ccccc21. The van der Waals surface area contributed by atoms with E-state index in [4.69, 9.17) is 0 Å². The number of amides is 2. The lowest BCUT2D eigenvalue weighted by Crippen LogP contribution is -2.46. The quantitative estimate of drug-likeness (QED) is 0.792. The van der Waals surface area contributed by atoms with Crippen molar-refractivity contribution in [1.82, 2.24) is 10.6 Å². The number of para-hydroxylation sites is 1. The zero-order valence-corrected chi connectivity index (χ0v) is 12.8. The fourth-order valence-electron chi connectivity index (χ4n) is 2.49. The van der Waals surface area contributed by atoms with Gasteiger partial charge in [0, 0.05) is 17.8 Å². The Bertz CT molecular complexity index is 535. The third-order valence-electron chi connectivity index (χ3n) is 3.34. The third kappa shape index (κ3) is 4.21. The summed E-state index contributed by atoms with van der Waals surface area (Å²) >= 11 is 0. The van der Waals surface area contributed by atoms with Crippen LogP contribution in [0.4, 0.5) is 5.69 Å². The first-order valence-corrected chi connectivity index (χ1v) is 7.28. The molecule has 5 nitrogen and oxygen atoms in total. The molecule has 2 rings (SSSR count). The minimum absolute atomic E-state index is 0.0161. The van der Waals surface area contributed by atoms with Crippen LogP contribution in [-0.2, 0) is 9.59 Å². The molecule has 21 heavy (non-hydrogen) atoms. The van der Waals surface area contributed by atoms with E-state index in [1.807, 2.05) is 45.0 Å².